The Kier molecular flexibility index (Phi) is 30.4. The van der Waals surface area contributed by atoms with E-state index in [0.717, 1.165) is 141 Å². The molecule has 1 aliphatic rings. The molecule has 3 N–H and O–H groups in total. The van der Waals surface area contributed by atoms with Crippen molar-refractivity contribution < 1.29 is 61.0 Å². The summed E-state index contributed by atoms with van der Waals surface area (Å²) in [6.45, 7) is 1.98. The molecule has 0 aromatic heterocycles. The maximum absolute atomic E-state index is 12.8. The van der Waals surface area contributed by atoms with Crippen molar-refractivity contribution in [3.63, 3.8) is 0 Å². The van der Waals surface area contributed by atoms with Crippen molar-refractivity contribution >= 4 is 37.2 Å². The Morgan fingerprint density at radius 2 is 1.11 bits per heavy atom. The SMILES string of the molecule is C/C=C\CCCCCC[C@@H](C[C@@H]1CCCCCCCCCCC[C@H](OS(=O)(=O)O)C[C@H](OS(=O)(=O)O)CCCCCCCCCCCC=CC(=O)O1)OS(=O)(=O)O. The minimum Gasteiger partial charge on any atom is -0.459 e. The third-order valence-electron chi connectivity index (χ3n) is 10.2. The Bertz CT molecular complexity index is 1410. The molecule has 17 heteroatoms. The summed E-state index contributed by atoms with van der Waals surface area (Å²) in [5, 5.41) is 0. The quantitative estimate of drug-likeness (QED) is 0.0604. The van der Waals surface area contributed by atoms with Crippen LogP contribution in [0.1, 0.15) is 200 Å². The molecule has 0 saturated heterocycles. The van der Waals surface area contributed by atoms with Gasteiger partial charge in [-0.2, -0.15) is 25.3 Å². The summed E-state index contributed by atoms with van der Waals surface area (Å²) in [5.41, 5.74) is 0. The zero-order valence-corrected chi connectivity index (χ0v) is 36.8. The van der Waals surface area contributed by atoms with Crippen molar-refractivity contribution in [1.29, 1.82) is 0 Å². The van der Waals surface area contributed by atoms with Crippen molar-refractivity contribution in [2.75, 3.05) is 0 Å². The minimum atomic E-state index is -4.79. The highest BCUT2D eigenvalue weighted by atomic mass is 32.3. The number of esters is 1. The molecule has 57 heavy (non-hydrogen) atoms. The minimum absolute atomic E-state index is 0.111. The fourth-order valence-corrected chi connectivity index (χ4v) is 8.89. The van der Waals surface area contributed by atoms with Gasteiger partial charge in [-0.3, -0.25) is 13.7 Å². The number of allylic oxidation sites excluding steroid dienone is 3. The van der Waals surface area contributed by atoms with Crippen LogP contribution >= 0.6 is 0 Å². The zero-order valence-electron chi connectivity index (χ0n) is 34.4. The molecule has 0 unspecified atom stereocenters. The lowest BCUT2D eigenvalue weighted by Crippen LogP contribution is -2.27. The van der Waals surface area contributed by atoms with E-state index in [2.05, 4.69) is 6.08 Å². The second-order valence-electron chi connectivity index (χ2n) is 15.4. The van der Waals surface area contributed by atoms with E-state index in [4.69, 9.17) is 17.3 Å². The van der Waals surface area contributed by atoms with Crippen LogP contribution in [0.4, 0.5) is 0 Å². The highest BCUT2D eigenvalue weighted by Crippen LogP contribution is 2.24. The summed E-state index contributed by atoms with van der Waals surface area (Å²) in [4.78, 5) is 12.8. The number of ether oxygens (including phenoxy) is 1. The van der Waals surface area contributed by atoms with Crippen molar-refractivity contribution in [2.24, 2.45) is 0 Å². The lowest BCUT2D eigenvalue weighted by Gasteiger charge is -2.23. The van der Waals surface area contributed by atoms with Crippen molar-refractivity contribution in [3.8, 4) is 0 Å². The van der Waals surface area contributed by atoms with E-state index >= 15 is 0 Å². The van der Waals surface area contributed by atoms with Gasteiger partial charge in [-0.25, -0.2) is 17.3 Å². The second-order valence-corrected chi connectivity index (χ2v) is 18.6. The van der Waals surface area contributed by atoms with Gasteiger partial charge in [-0.05, 0) is 64.7 Å². The van der Waals surface area contributed by atoms with Gasteiger partial charge < -0.3 is 4.74 Å². The molecule has 0 aromatic carbocycles. The van der Waals surface area contributed by atoms with Crippen LogP contribution in [0.15, 0.2) is 24.3 Å². The Labute approximate surface area is 345 Å². The highest BCUT2D eigenvalue weighted by Gasteiger charge is 2.26. The second kappa shape index (κ2) is 32.3. The largest absolute Gasteiger partial charge is 0.459 e. The molecule has 4 atom stereocenters. The molecular formula is C40H74O14S3. The van der Waals surface area contributed by atoms with Gasteiger partial charge in [-0.1, -0.05) is 140 Å². The predicted octanol–water partition coefficient (Wildman–Crippen LogP) is 10.3. The molecule has 0 amide bonds. The van der Waals surface area contributed by atoms with Crippen molar-refractivity contribution in [2.45, 2.75) is 224 Å². The standard InChI is InChI=1S/C40H74O14S3/c1-2-3-4-5-14-20-25-30-37(52-55(42,43)44)34-36-29-24-19-15-11-9-12-17-22-27-32-39(54-57(48,49)50)35-38(53-56(45,46)47)31-26-21-16-10-7-6-8-13-18-23-28-33-40(41)51-36/h2-3,28,33,36-39H,4-27,29-32,34-35H2,1H3,(H,42,43,44)(H,45,46,47)(H,48,49,50)/b3-2-,33-28?/t36-,37-,38+,39-/m0/s1. The summed E-state index contributed by atoms with van der Waals surface area (Å²) in [6.07, 6.45) is 27.2. The highest BCUT2D eigenvalue weighted by molar-refractivity contribution is 7.81. The Morgan fingerprint density at radius 1 is 0.649 bits per heavy atom. The molecule has 336 valence electrons. The molecule has 0 saturated carbocycles. The van der Waals surface area contributed by atoms with E-state index in [1.807, 2.05) is 19.1 Å². The molecule has 0 aromatic rings. The molecule has 1 heterocycles. The van der Waals surface area contributed by atoms with Crippen LogP contribution in [0.5, 0.6) is 0 Å². The van der Waals surface area contributed by atoms with Crippen LogP contribution < -0.4 is 0 Å². The first-order valence-corrected chi connectivity index (χ1v) is 25.6. The van der Waals surface area contributed by atoms with E-state index in [1.54, 1.807) is 0 Å². The summed E-state index contributed by atoms with van der Waals surface area (Å²) in [5.74, 6) is -0.471. The van der Waals surface area contributed by atoms with Crippen LogP contribution in [0.2, 0.25) is 0 Å². The summed E-state index contributed by atoms with van der Waals surface area (Å²) >= 11 is 0. The van der Waals surface area contributed by atoms with E-state index in [-0.39, 0.29) is 25.7 Å². The third-order valence-corrected chi connectivity index (χ3v) is 11.7. The molecule has 0 fully saturated rings. The fraction of sp³-hybridized carbons (Fsp3) is 0.875. The molecule has 0 radical (unpaired) electrons. The van der Waals surface area contributed by atoms with E-state index in [0.29, 0.717) is 25.7 Å². The molecule has 0 bridgehead atoms. The van der Waals surface area contributed by atoms with Gasteiger partial charge in [0.2, 0.25) is 0 Å². The monoisotopic (exact) mass is 874 g/mol. The Balaban J connectivity index is 2.85. The maximum Gasteiger partial charge on any atom is 0.397 e. The average molecular weight is 875 g/mol. The van der Waals surface area contributed by atoms with Crippen LogP contribution in [-0.4, -0.2) is 69.3 Å². The summed E-state index contributed by atoms with van der Waals surface area (Å²) in [7, 11) is -14.2. The lowest BCUT2D eigenvalue weighted by molar-refractivity contribution is -0.144. The van der Waals surface area contributed by atoms with Crippen molar-refractivity contribution in [3.05, 3.63) is 24.3 Å². The maximum atomic E-state index is 12.8. The van der Waals surface area contributed by atoms with Gasteiger partial charge in [0.1, 0.15) is 6.10 Å². The molecule has 0 aliphatic carbocycles. The number of hydrogen-bond acceptors (Lipinski definition) is 11. The van der Waals surface area contributed by atoms with E-state index in [9.17, 15) is 43.7 Å². The first-order chi connectivity index (χ1) is 27.1. The molecule has 1 rings (SSSR count). The number of unbranched alkanes of at least 4 members (excludes halogenated alkanes) is 4. The number of rotatable bonds is 15. The fourth-order valence-electron chi connectivity index (χ4n) is 7.33. The molecular weight excluding hydrogens is 801 g/mol. The first-order valence-electron chi connectivity index (χ1n) is 21.5. The number of carbonyl (C=O) groups is 1. The third kappa shape index (κ3) is 36.2. The van der Waals surface area contributed by atoms with Crippen LogP contribution in [0.3, 0.4) is 0 Å². The van der Waals surface area contributed by atoms with Gasteiger partial charge in [0.15, 0.2) is 0 Å². The van der Waals surface area contributed by atoms with Gasteiger partial charge >= 0.3 is 37.2 Å². The van der Waals surface area contributed by atoms with E-state index in [1.165, 1.54) is 6.08 Å². The first kappa shape index (κ1) is 53.6. The van der Waals surface area contributed by atoms with Crippen molar-refractivity contribution in [1.82, 2.24) is 0 Å². The topological polar surface area (TPSA) is 217 Å². The lowest BCUT2D eigenvalue weighted by atomic mass is 9.99. The molecule has 0 spiro atoms. The van der Waals surface area contributed by atoms with E-state index < -0.39 is 61.6 Å². The molecule has 1 aliphatic heterocycles. The van der Waals surface area contributed by atoms with Gasteiger partial charge in [-0.15, -0.1) is 0 Å². The van der Waals surface area contributed by atoms with Crippen LogP contribution in [0.25, 0.3) is 0 Å². The van der Waals surface area contributed by atoms with Gasteiger partial charge in [0.05, 0.1) is 18.3 Å². The Morgan fingerprint density at radius 3 is 1.58 bits per heavy atom. The summed E-state index contributed by atoms with van der Waals surface area (Å²) < 4.78 is 118. The molecule has 14 nitrogen and oxygen atoms in total. The number of carbonyl (C=O) groups excluding carboxylic acids is 1. The average Bonchev–Trinajstić information content (AvgIpc) is 3.09. The van der Waals surface area contributed by atoms with Gasteiger partial charge in [0.25, 0.3) is 0 Å². The van der Waals surface area contributed by atoms with Gasteiger partial charge in [0, 0.05) is 18.9 Å². The number of cyclic esters (lactones) is 1. The van der Waals surface area contributed by atoms with Crippen LogP contribution in [-0.2, 0) is 53.3 Å². The smallest absolute Gasteiger partial charge is 0.397 e. The number of hydrogen-bond donors (Lipinski definition) is 3. The van der Waals surface area contributed by atoms with Crippen LogP contribution in [0, 0.1) is 0 Å². The predicted molar refractivity (Wildman–Crippen MR) is 222 cm³/mol. The normalized spacial score (nSPS) is 23.4. The Hall–Kier alpha value is -1.44. The zero-order chi connectivity index (χ0) is 42.3. The summed E-state index contributed by atoms with van der Waals surface area (Å²) in [6, 6.07) is 0.